The van der Waals surface area contributed by atoms with Crippen LogP contribution in [-0.2, 0) is 4.74 Å². The van der Waals surface area contributed by atoms with E-state index in [0.29, 0.717) is 13.1 Å². The summed E-state index contributed by atoms with van der Waals surface area (Å²) in [6, 6.07) is 12.1. The molecule has 2 aromatic rings. The monoisotopic (exact) mass is 378 g/mol. The van der Waals surface area contributed by atoms with Gasteiger partial charge in [-0.15, -0.1) is 0 Å². The zero-order valence-electron chi connectivity index (χ0n) is 16.6. The molecule has 3 heterocycles. The Morgan fingerprint density at radius 1 is 1.14 bits per heavy atom. The molecule has 2 aliphatic heterocycles. The molecule has 1 fully saturated rings. The van der Waals surface area contributed by atoms with Crippen LogP contribution in [0.5, 0.6) is 5.75 Å². The Kier molecular flexibility index (Phi) is 4.61. The lowest BCUT2D eigenvalue weighted by atomic mass is 9.83. The van der Waals surface area contributed by atoms with E-state index in [9.17, 15) is 4.79 Å². The molecule has 1 aromatic heterocycles. The summed E-state index contributed by atoms with van der Waals surface area (Å²) in [5.74, 6) is 0.884. The molecule has 4 rings (SSSR count). The average Bonchev–Trinajstić information content (AvgIpc) is 2.67. The number of fused-ring (bicyclic) bond motifs is 1. The minimum Gasteiger partial charge on any atom is -0.482 e. The summed E-state index contributed by atoms with van der Waals surface area (Å²) in [7, 11) is 0. The Balaban J connectivity index is 1.60. The third-order valence-electron chi connectivity index (χ3n) is 5.13. The maximum atomic E-state index is 12.4. The van der Waals surface area contributed by atoms with Crippen LogP contribution in [0.2, 0.25) is 0 Å². The van der Waals surface area contributed by atoms with E-state index < -0.39 is 11.2 Å². The first-order valence-corrected chi connectivity index (χ1v) is 9.75. The molecule has 146 valence electrons. The number of hydrogen-bond donors (Lipinski definition) is 0. The molecule has 0 bridgehead atoms. The van der Waals surface area contributed by atoms with Crippen LogP contribution in [0.3, 0.4) is 0 Å². The normalized spacial score (nSPS) is 18.1. The second kappa shape index (κ2) is 6.97. The lowest BCUT2D eigenvalue weighted by molar-refractivity contribution is -0.00115. The number of rotatable bonds is 1. The molecule has 1 amide bonds. The van der Waals surface area contributed by atoms with Gasteiger partial charge < -0.3 is 14.4 Å². The predicted octanol–water partition coefficient (Wildman–Crippen LogP) is 4.68. The summed E-state index contributed by atoms with van der Waals surface area (Å²) in [5, 5.41) is 0. The molecule has 0 saturated carbocycles. The fourth-order valence-corrected chi connectivity index (χ4v) is 3.77. The van der Waals surface area contributed by atoms with Gasteiger partial charge in [-0.3, -0.25) is 4.98 Å². The van der Waals surface area contributed by atoms with Gasteiger partial charge in [0, 0.05) is 49.5 Å². The largest absolute Gasteiger partial charge is 0.482 e. The SMILES string of the molecule is CC(C)(C)OC(=O)N1CCC2(C=C(c3cccnc3)c3ccccc3O2)CC1. The number of amides is 1. The van der Waals surface area contributed by atoms with E-state index in [1.165, 1.54) is 0 Å². The molecule has 0 radical (unpaired) electrons. The fraction of sp³-hybridized carbons (Fsp3) is 0.391. The number of ether oxygens (including phenoxy) is 2. The van der Waals surface area contributed by atoms with Gasteiger partial charge in [0.25, 0.3) is 0 Å². The highest BCUT2D eigenvalue weighted by atomic mass is 16.6. The van der Waals surface area contributed by atoms with Crippen molar-refractivity contribution in [2.45, 2.75) is 44.8 Å². The van der Waals surface area contributed by atoms with Gasteiger partial charge in [0.15, 0.2) is 0 Å². The molecule has 0 N–H and O–H groups in total. The van der Waals surface area contributed by atoms with Crippen LogP contribution in [0, 0.1) is 0 Å². The number of nitrogens with zero attached hydrogens (tertiary/aromatic N) is 2. The van der Waals surface area contributed by atoms with Gasteiger partial charge in [-0.1, -0.05) is 24.3 Å². The maximum Gasteiger partial charge on any atom is 0.410 e. The van der Waals surface area contributed by atoms with Crippen molar-refractivity contribution >= 4 is 11.7 Å². The zero-order chi connectivity index (χ0) is 19.8. The molecule has 0 atom stereocenters. The van der Waals surface area contributed by atoms with Crippen molar-refractivity contribution in [2.75, 3.05) is 13.1 Å². The second-order valence-electron chi connectivity index (χ2n) is 8.43. The van der Waals surface area contributed by atoms with Crippen LogP contribution in [-0.4, -0.2) is 40.3 Å². The van der Waals surface area contributed by atoms with Crippen LogP contribution in [0.15, 0.2) is 54.9 Å². The molecule has 1 saturated heterocycles. The second-order valence-corrected chi connectivity index (χ2v) is 8.43. The number of para-hydroxylation sites is 1. The average molecular weight is 378 g/mol. The number of likely N-dealkylation sites (tertiary alicyclic amines) is 1. The number of piperidine rings is 1. The topological polar surface area (TPSA) is 51.7 Å². The Morgan fingerprint density at radius 3 is 2.57 bits per heavy atom. The Bertz CT molecular complexity index is 892. The van der Waals surface area contributed by atoms with Gasteiger partial charge in [0.05, 0.1) is 0 Å². The smallest absolute Gasteiger partial charge is 0.410 e. The van der Waals surface area contributed by atoms with Crippen molar-refractivity contribution in [3.05, 3.63) is 66.0 Å². The Labute approximate surface area is 166 Å². The number of hydrogen-bond acceptors (Lipinski definition) is 4. The Morgan fingerprint density at radius 2 is 1.89 bits per heavy atom. The van der Waals surface area contributed by atoms with E-state index in [1.807, 2.05) is 51.2 Å². The fourth-order valence-electron chi connectivity index (χ4n) is 3.77. The van der Waals surface area contributed by atoms with Crippen LogP contribution in [0.1, 0.15) is 44.7 Å². The highest BCUT2D eigenvalue weighted by Gasteiger charge is 2.40. The van der Waals surface area contributed by atoms with Crippen molar-refractivity contribution in [1.29, 1.82) is 0 Å². The first-order chi connectivity index (χ1) is 13.4. The number of pyridine rings is 1. The zero-order valence-corrected chi connectivity index (χ0v) is 16.6. The molecule has 2 aliphatic rings. The third-order valence-corrected chi connectivity index (χ3v) is 5.13. The molecular weight excluding hydrogens is 352 g/mol. The summed E-state index contributed by atoms with van der Waals surface area (Å²) in [4.78, 5) is 18.5. The van der Waals surface area contributed by atoms with Gasteiger partial charge in [0.1, 0.15) is 17.0 Å². The minimum atomic E-state index is -0.486. The van der Waals surface area contributed by atoms with Gasteiger partial charge in [-0.2, -0.15) is 0 Å². The lowest BCUT2D eigenvalue weighted by Gasteiger charge is -2.43. The van der Waals surface area contributed by atoms with Crippen molar-refractivity contribution in [3.8, 4) is 5.75 Å². The molecule has 5 nitrogen and oxygen atoms in total. The summed E-state index contributed by atoms with van der Waals surface area (Å²) < 4.78 is 12.0. The van der Waals surface area contributed by atoms with E-state index >= 15 is 0 Å². The minimum absolute atomic E-state index is 0.255. The third kappa shape index (κ3) is 3.75. The quantitative estimate of drug-likeness (QED) is 0.723. The van der Waals surface area contributed by atoms with Crippen molar-refractivity contribution in [2.24, 2.45) is 0 Å². The standard InChI is InChI=1S/C23H26N2O3/c1-22(2,3)28-21(26)25-13-10-23(11-14-25)15-19(17-7-6-12-24-16-17)18-8-4-5-9-20(18)27-23/h4-9,12,15-16H,10-11,13-14H2,1-3H3. The summed E-state index contributed by atoms with van der Waals surface area (Å²) in [5.41, 5.74) is 2.39. The van der Waals surface area contributed by atoms with Gasteiger partial charge in [0.2, 0.25) is 0 Å². The van der Waals surface area contributed by atoms with Gasteiger partial charge in [-0.25, -0.2) is 4.79 Å². The lowest BCUT2D eigenvalue weighted by Crippen LogP contribution is -2.50. The molecular formula is C23H26N2O3. The van der Waals surface area contributed by atoms with E-state index in [0.717, 1.165) is 35.3 Å². The van der Waals surface area contributed by atoms with Gasteiger partial charge in [-0.05, 0) is 44.6 Å². The summed E-state index contributed by atoms with van der Waals surface area (Å²) >= 11 is 0. The van der Waals surface area contributed by atoms with Crippen molar-refractivity contribution < 1.29 is 14.3 Å². The molecule has 1 spiro atoms. The molecule has 1 aromatic carbocycles. The number of carbonyl (C=O) groups excluding carboxylic acids is 1. The molecule has 0 aliphatic carbocycles. The van der Waals surface area contributed by atoms with E-state index in [1.54, 1.807) is 11.1 Å². The number of benzene rings is 1. The van der Waals surface area contributed by atoms with Gasteiger partial charge >= 0.3 is 6.09 Å². The van der Waals surface area contributed by atoms with Crippen LogP contribution in [0.4, 0.5) is 4.79 Å². The van der Waals surface area contributed by atoms with Crippen molar-refractivity contribution in [1.82, 2.24) is 9.88 Å². The maximum absolute atomic E-state index is 12.4. The molecule has 0 unspecified atom stereocenters. The summed E-state index contributed by atoms with van der Waals surface area (Å²) in [6.07, 6.45) is 7.09. The van der Waals surface area contributed by atoms with Crippen molar-refractivity contribution in [3.63, 3.8) is 0 Å². The highest BCUT2D eigenvalue weighted by Crippen LogP contribution is 2.43. The number of carbonyl (C=O) groups is 1. The number of aromatic nitrogens is 1. The van der Waals surface area contributed by atoms with E-state index in [4.69, 9.17) is 9.47 Å². The summed E-state index contributed by atoms with van der Waals surface area (Å²) in [6.45, 7) is 6.88. The Hall–Kier alpha value is -2.82. The van der Waals surface area contributed by atoms with Crippen LogP contribution >= 0.6 is 0 Å². The first kappa shape index (κ1) is 18.5. The van der Waals surface area contributed by atoms with Crippen LogP contribution in [0.25, 0.3) is 5.57 Å². The first-order valence-electron chi connectivity index (χ1n) is 9.75. The van der Waals surface area contributed by atoms with E-state index in [2.05, 4.69) is 23.2 Å². The van der Waals surface area contributed by atoms with Crippen LogP contribution < -0.4 is 4.74 Å². The molecule has 28 heavy (non-hydrogen) atoms. The van der Waals surface area contributed by atoms with E-state index in [-0.39, 0.29) is 6.09 Å². The highest BCUT2D eigenvalue weighted by molar-refractivity contribution is 5.84. The predicted molar refractivity (Wildman–Crippen MR) is 108 cm³/mol. The molecule has 5 heteroatoms.